The molecule has 0 atom stereocenters. The Morgan fingerprint density at radius 2 is 2.05 bits per heavy atom. The number of primary amides is 1. The van der Waals surface area contributed by atoms with E-state index in [1.165, 1.54) is 22.8 Å². The van der Waals surface area contributed by atoms with Crippen LogP contribution < -0.4 is 11.3 Å². The number of rotatable bonds is 5. The highest BCUT2D eigenvalue weighted by Crippen LogP contribution is 2.19. The molecule has 0 fully saturated rings. The standard InChI is InChI=1S/C13H13N3O4/c14-12(17)2-1-7-15-11-5-4-10(16(19)20)8-9(11)3-6-13(15)18/h3-6,8H,1-2,7H2,(H2,14,17). The molecule has 0 radical (unpaired) electrons. The Balaban J connectivity index is 2.42. The number of aromatic nitrogens is 1. The minimum atomic E-state index is -0.484. The Morgan fingerprint density at radius 1 is 1.30 bits per heavy atom. The van der Waals surface area contributed by atoms with Crippen LogP contribution >= 0.6 is 0 Å². The van der Waals surface area contributed by atoms with Crippen molar-refractivity contribution in [3.63, 3.8) is 0 Å². The zero-order valence-electron chi connectivity index (χ0n) is 10.6. The zero-order chi connectivity index (χ0) is 14.7. The van der Waals surface area contributed by atoms with Crippen molar-refractivity contribution in [2.75, 3.05) is 0 Å². The zero-order valence-corrected chi connectivity index (χ0v) is 10.6. The van der Waals surface area contributed by atoms with Crippen LogP contribution in [0.4, 0.5) is 5.69 Å². The molecule has 0 bridgehead atoms. The maximum absolute atomic E-state index is 11.8. The fourth-order valence-corrected chi connectivity index (χ4v) is 2.05. The third kappa shape index (κ3) is 2.82. The highest BCUT2D eigenvalue weighted by Gasteiger charge is 2.09. The summed E-state index contributed by atoms with van der Waals surface area (Å²) in [7, 11) is 0. The van der Waals surface area contributed by atoms with Crippen molar-refractivity contribution < 1.29 is 9.72 Å². The first-order chi connectivity index (χ1) is 9.49. The summed E-state index contributed by atoms with van der Waals surface area (Å²) in [5.41, 5.74) is 5.42. The molecule has 0 aliphatic heterocycles. The van der Waals surface area contributed by atoms with Gasteiger partial charge in [0.25, 0.3) is 11.2 Å². The number of nitro benzene ring substituents is 1. The summed E-state index contributed by atoms with van der Waals surface area (Å²) in [6.07, 6.45) is 0.640. The number of carbonyl (C=O) groups is 1. The summed E-state index contributed by atoms with van der Waals surface area (Å²) < 4.78 is 1.49. The van der Waals surface area contributed by atoms with Gasteiger partial charge in [-0.3, -0.25) is 19.7 Å². The molecule has 7 heteroatoms. The molecule has 1 aromatic carbocycles. The Hall–Kier alpha value is -2.70. The van der Waals surface area contributed by atoms with E-state index < -0.39 is 10.8 Å². The van der Waals surface area contributed by atoms with Crippen LogP contribution in [0.2, 0.25) is 0 Å². The quantitative estimate of drug-likeness (QED) is 0.652. The van der Waals surface area contributed by atoms with Crippen molar-refractivity contribution in [3.05, 3.63) is 50.8 Å². The SMILES string of the molecule is NC(=O)CCCn1c(=O)ccc2cc([N+](=O)[O-])ccc21. The van der Waals surface area contributed by atoms with E-state index in [9.17, 15) is 19.7 Å². The predicted molar refractivity (Wildman–Crippen MR) is 73.3 cm³/mol. The van der Waals surface area contributed by atoms with Gasteiger partial charge in [-0.05, 0) is 18.6 Å². The maximum Gasteiger partial charge on any atom is 0.270 e. The van der Waals surface area contributed by atoms with Crippen LogP contribution in [0.25, 0.3) is 10.9 Å². The smallest absolute Gasteiger partial charge is 0.270 e. The number of nitro groups is 1. The van der Waals surface area contributed by atoms with Crippen molar-refractivity contribution in [1.29, 1.82) is 0 Å². The maximum atomic E-state index is 11.8. The number of benzene rings is 1. The van der Waals surface area contributed by atoms with E-state index in [1.807, 2.05) is 0 Å². The molecule has 0 aliphatic rings. The fourth-order valence-electron chi connectivity index (χ4n) is 2.05. The first-order valence-corrected chi connectivity index (χ1v) is 6.05. The highest BCUT2D eigenvalue weighted by atomic mass is 16.6. The van der Waals surface area contributed by atoms with Gasteiger partial charge in [0, 0.05) is 36.6 Å². The lowest BCUT2D eigenvalue weighted by atomic mass is 10.2. The molecule has 1 amide bonds. The second-order valence-corrected chi connectivity index (χ2v) is 4.39. The van der Waals surface area contributed by atoms with Gasteiger partial charge in [0.1, 0.15) is 0 Å². The Labute approximate surface area is 113 Å². The van der Waals surface area contributed by atoms with Crippen LogP contribution in [-0.4, -0.2) is 15.4 Å². The van der Waals surface area contributed by atoms with Crippen molar-refractivity contribution in [1.82, 2.24) is 4.57 Å². The molecule has 0 unspecified atom stereocenters. The number of nitrogens with zero attached hydrogens (tertiary/aromatic N) is 2. The van der Waals surface area contributed by atoms with E-state index in [0.717, 1.165) is 0 Å². The second kappa shape index (κ2) is 5.52. The van der Waals surface area contributed by atoms with E-state index in [4.69, 9.17) is 5.73 Å². The molecule has 2 aromatic rings. The van der Waals surface area contributed by atoms with Crippen molar-refractivity contribution >= 4 is 22.5 Å². The predicted octanol–water partition coefficient (Wildman–Crippen LogP) is 1.18. The van der Waals surface area contributed by atoms with Crippen LogP contribution in [0, 0.1) is 10.1 Å². The van der Waals surface area contributed by atoms with Crippen molar-refractivity contribution in [3.8, 4) is 0 Å². The van der Waals surface area contributed by atoms with Gasteiger partial charge < -0.3 is 10.3 Å². The van der Waals surface area contributed by atoms with Gasteiger partial charge in [-0.15, -0.1) is 0 Å². The number of fused-ring (bicyclic) bond motifs is 1. The number of aryl methyl sites for hydroxylation is 1. The average molecular weight is 275 g/mol. The Morgan fingerprint density at radius 3 is 2.70 bits per heavy atom. The normalized spacial score (nSPS) is 10.6. The van der Waals surface area contributed by atoms with Crippen LogP contribution in [0.5, 0.6) is 0 Å². The van der Waals surface area contributed by atoms with Crippen molar-refractivity contribution in [2.45, 2.75) is 19.4 Å². The Kier molecular flexibility index (Phi) is 3.79. The minimum absolute atomic E-state index is 0.0279. The summed E-state index contributed by atoms with van der Waals surface area (Å²) in [4.78, 5) is 32.8. The number of amides is 1. The van der Waals surface area contributed by atoms with E-state index in [1.54, 1.807) is 12.1 Å². The number of hydrogen-bond acceptors (Lipinski definition) is 4. The average Bonchev–Trinajstić information content (AvgIpc) is 2.40. The summed E-state index contributed by atoms with van der Waals surface area (Å²) >= 11 is 0. The molecule has 20 heavy (non-hydrogen) atoms. The van der Waals surface area contributed by atoms with Gasteiger partial charge >= 0.3 is 0 Å². The molecular weight excluding hydrogens is 262 g/mol. The topological polar surface area (TPSA) is 108 Å². The highest BCUT2D eigenvalue weighted by molar-refractivity contribution is 5.81. The van der Waals surface area contributed by atoms with Crippen LogP contribution in [0.3, 0.4) is 0 Å². The molecule has 0 saturated heterocycles. The lowest BCUT2D eigenvalue weighted by Crippen LogP contribution is -2.20. The number of pyridine rings is 1. The van der Waals surface area contributed by atoms with Gasteiger partial charge in [0.05, 0.1) is 10.4 Å². The summed E-state index contributed by atoms with van der Waals surface area (Å²) in [6.45, 7) is 0.344. The third-order valence-corrected chi connectivity index (χ3v) is 2.99. The van der Waals surface area contributed by atoms with Gasteiger partial charge in [-0.1, -0.05) is 0 Å². The van der Waals surface area contributed by atoms with Crippen LogP contribution in [-0.2, 0) is 11.3 Å². The van der Waals surface area contributed by atoms with E-state index in [-0.39, 0.29) is 17.7 Å². The molecule has 0 aliphatic carbocycles. The minimum Gasteiger partial charge on any atom is -0.370 e. The Bertz CT molecular complexity index is 736. The third-order valence-electron chi connectivity index (χ3n) is 2.99. The molecule has 2 N–H and O–H groups in total. The van der Waals surface area contributed by atoms with Gasteiger partial charge in [-0.2, -0.15) is 0 Å². The molecule has 7 nitrogen and oxygen atoms in total. The monoisotopic (exact) mass is 275 g/mol. The van der Waals surface area contributed by atoms with Crippen molar-refractivity contribution in [2.24, 2.45) is 5.73 Å². The molecule has 0 saturated carbocycles. The summed E-state index contributed by atoms with van der Waals surface area (Å²) in [5, 5.41) is 11.3. The van der Waals surface area contributed by atoms with Crippen LogP contribution in [0.15, 0.2) is 35.1 Å². The van der Waals surface area contributed by atoms with Gasteiger partial charge in [0.15, 0.2) is 0 Å². The van der Waals surface area contributed by atoms with Gasteiger partial charge in [-0.25, -0.2) is 0 Å². The van der Waals surface area contributed by atoms with Gasteiger partial charge in [0.2, 0.25) is 5.91 Å². The number of non-ortho nitro benzene ring substituents is 1. The summed E-state index contributed by atoms with van der Waals surface area (Å²) in [6, 6.07) is 7.22. The molecule has 2 rings (SSSR count). The molecule has 0 spiro atoms. The first kappa shape index (κ1) is 13.7. The van der Waals surface area contributed by atoms with E-state index in [0.29, 0.717) is 23.9 Å². The second-order valence-electron chi connectivity index (χ2n) is 4.39. The number of carbonyl (C=O) groups excluding carboxylic acids is 1. The molecule has 104 valence electrons. The lowest BCUT2D eigenvalue weighted by molar-refractivity contribution is -0.384. The largest absolute Gasteiger partial charge is 0.370 e. The van der Waals surface area contributed by atoms with Crippen LogP contribution in [0.1, 0.15) is 12.8 Å². The fraction of sp³-hybridized carbons (Fsp3) is 0.231. The molecular formula is C13H13N3O4. The number of nitrogens with two attached hydrogens (primary N) is 1. The lowest BCUT2D eigenvalue weighted by Gasteiger charge is -2.09. The van der Waals surface area contributed by atoms with E-state index in [2.05, 4.69) is 0 Å². The number of hydrogen-bond donors (Lipinski definition) is 1. The molecule has 1 aromatic heterocycles. The van der Waals surface area contributed by atoms with E-state index >= 15 is 0 Å². The first-order valence-electron chi connectivity index (χ1n) is 6.05. The summed E-state index contributed by atoms with van der Waals surface area (Å²) in [5.74, 6) is -0.422. The molecule has 1 heterocycles.